The highest BCUT2D eigenvalue weighted by Gasteiger charge is 2.39. The van der Waals surface area contributed by atoms with E-state index < -0.39 is 39.6 Å². The topological polar surface area (TPSA) is 97.2 Å². The molecule has 4 aliphatic heterocycles. The van der Waals surface area contributed by atoms with Crippen molar-refractivity contribution in [3.63, 3.8) is 0 Å². The van der Waals surface area contributed by atoms with Crippen molar-refractivity contribution in [3.05, 3.63) is 75.6 Å². The molecule has 1 atom stereocenters. The maximum Gasteiger partial charge on any atom is 0.276 e. The smallest absolute Gasteiger partial charge is 0.276 e. The van der Waals surface area contributed by atoms with Crippen LogP contribution in [0.25, 0.3) is 11.0 Å². The summed E-state index contributed by atoms with van der Waals surface area (Å²) in [4.78, 5) is 25.0. The summed E-state index contributed by atoms with van der Waals surface area (Å²) in [6.45, 7) is 4.25. The van der Waals surface area contributed by atoms with Crippen LogP contribution in [0.2, 0.25) is 0 Å². The van der Waals surface area contributed by atoms with E-state index in [1.165, 1.54) is 24.5 Å². The zero-order chi connectivity index (χ0) is 31.8. The number of nitrogens with zero attached hydrogens (tertiary/aromatic N) is 4. The van der Waals surface area contributed by atoms with Gasteiger partial charge in [-0.2, -0.15) is 0 Å². The lowest BCUT2D eigenvalue weighted by Gasteiger charge is -2.33. The monoisotopic (exact) mass is 643 g/mol. The number of sulfone groups is 1. The first kappa shape index (κ1) is 31.7. The van der Waals surface area contributed by atoms with Gasteiger partial charge in [-0.1, -0.05) is 30.4 Å². The first-order chi connectivity index (χ1) is 21.5. The molecule has 12 heteroatoms. The summed E-state index contributed by atoms with van der Waals surface area (Å²) in [5.41, 5.74) is 0.220. The van der Waals surface area contributed by atoms with E-state index >= 15 is 13.2 Å². The Kier molecular flexibility index (Phi) is 9.07. The molecule has 0 saturated carbocycles. The summed E-state index contributed by atoms with van der Waals surface area (Å²) in [5, 5.41) is 3.75. The molecule has 1 N–H and O–H groups in total. The Morgan fingerprint density at radius 2 is 1.76 bits per heavy atom. The largest absolute Gasteiger partial charge is 0.363 e. The number of pyridine rings is 1. The van der Waals surface area contributed by atoms with E-state index in [1.807, 2.05) is 0 Å². The second-order valence-electron chi connectivity index (χ2n) is 12.8. The van der Waals surface area contributed by atoms with E-state index in [4.69, 9.17) is 0 Å². The van der Waals surface area contributed by atoms with E-state index in [0.717, 1.165) is 13.0 Å². The van der Waals surface area contributed by atoms with Crippen LogP contribution >= 0.6 is 0 Å². The Labute approximate surface area is 261 Å². The highest BCUT2D eigenvalue weighted by molar-refractivity contribution is 7.91. The predicted molar refractivity (Wildman–Crippen MR) is 169 cm³/mol. The Bertz CT molecular complexity index is 1740. The number of piperidine rings is 1. The van der Waals surface area contributed by atoms with Crippen LogP contribution in [0.4, 0.5) is 19.0 Å². The molecule has 0 amide bonds. The number of alkyl halides is 2. The summed E-state index contributed by atoms with van der Waals surface area (Å²) in [7, 11) is -3.14. The molecule has 0 spiro atoms. The molecule has 8 bridgehead atoms. The minimum absolute atomic E-state index is 0.0192. The summed E-state index contributed by atoms with van der Waals surface area (Å²) in [6.07, 6.45) is 8.52. The Hall–Kier alpha value is -3.25. The van der Waals surface area contributed by atoms with Crippen LogP contribution in [-0.2, 0) is 22.3 Å². The van der Waals surface area contributed by atoms with Crippen LogP contribution < -0.4 is 10.9 Å². The lowest BCUT2D eigenvalue weighted by atomic mass is 9.87. The summed E-state index contributed by atoms with van der Waals surface area (Å²) in [6, 6.07) is 5.14. The number of halogens is 3. The molecule has 0 unspecified atom stereocenters. The van der Waals surface area contributed by atoms with Crippen molar-refractivity contribution in [2.75, 3.05) is 36.5 Å². The second kappa shape index (κ2) is 12.9. The lowest BCUT2D eigenvalue weighted by molar-refractivity contribution is -0.0397. The van der Waals surface area contributed by atoms with Gasteiger partial charge in [0, 0.05) is 30.6 Å². The number of nitrogens with one attached hydrogen (secondary N) is 1. The number of hydrogen-bond acceptors (Lipinski definition) is 7. The van der Waals surface area contributed by atoms with Gasteiger partial charge in [-0.25, -0.2) is 31.6 Å². The van der Waals surface area contributed by atoms with Crippen molar-refractivity contribution < 1.29 is 21.6 Å². The average molecular weight is 644 g/mol. The molecule has 2 fully saturated rings. The quantitative estimate of drug-likeness (QED) is 0.328. The summed E-state index contributed by atoms with van der Waals surface area (Å²) < 4.78 is 73.0. The van der Waals surface area contributed by atoms with Gasteiger partial charge in [0.05, 0.1) is 28.5 Å². The van der Waals surface area contributed by atoms with Gasteiger partial charge in [-0.3, -0.25) is 14.3 Å². The molecule has 242 valence electrons. The van der Waals surface area contributed by atoms with Crippen LogP contribution in [-0.4, -0.2) is 59.0 Å². The maximum atomic E-state index is 15.9. The molecule has 7 rings (SSSR count). The fourth-order valence-corrected chi connectivity index (χ4v) is 8.51. The third kappa shape index (κ3) is 6.82. The third-order valence-corrected chi connectivity index (χ3v) is 11.4. The molecule has 4 aliphatic rings. The number of fused-ring (bicyclic) bond motifs is 8. The highest BCUT2D eigenvalue weighted by atomic mass is 32.2. The second-order valence-corrected chi connectivity index (χ2v) is 15.1. The highest BCUT2D eigenvalue weighted by Crippen LogP contribution is 2.41. The summed E-state index contributed by atoms with van der Waals surface area (Å²) >= 11 is 0. The first-order valence-corrected chi connectivity index (χ1v) is 17.7. The van der Waals surface area contributed by atoms with Crippen molar-refractivity contribution in [2.45, 2.75) is 76.3 Å². The molecule has 8 nitrogen and oxygen atoms in total. The maximum absolute atomic E-state index is 15.9. The van der Waals surface area contributed by atoms with Gasteiger partial charge >= 0.3 is 0 Å². The van der Waals surface area contributed by atoms with Gasteiger partial charge in [0.1, 0.15) is 33.4 Å². The molecule has 0 radical (unpaired) electrons. The molecule has 6 heterocycles. The van der Waals surface area contributed by atoms with Crippen molar-refractivity contribution >= 4 is 26.7 Å². The zero-order valence-corrected chi connectivity index (χ0v) is 26.3. The molecular weight excluding hydrogens is 603 g/mol. The van der Waals surface area contributed by atoms with Crippen LogP contribution in [0, 0.1) is 11.7 Å². The van der Waals surface area contributed by atoms with Crippen LogP contribution in [0.3, 0.4) is 0 Å². The van der Waals surface area contributed by atoms with E-state index in [2.05, 4.69) is 32.3 Å². The molecule has 2 aromatic heterocycles. The number of rotatable bonds is 1. The lowest BCUT2D eigenvalue weighted by Crippen LogP contribution is -2.35. The minimum atomic E-state index is -3.31. The van der Waals surface area contributed by atoms with Gasteiger partial charge in [-0.05, 0) is 76.4 Å². The third-order valence-electron chi connectivity index (χ3n) is 9.68. The molecule has 45 heavy (non-hydrogen) atoms. The number of hydrogen-bond donors (Lipinski definition) is 1. The van der Waals surface area contributed by atoms with Gasteiger partial charge in [0.2, 0.25) is 0 Å². The number of anilines is 1. The first-order valence-electron chi connectivity index (χ1n) is 15.9. The Balaban J connectivity index is 1.42. The van der Waals surface area contributed by atoms with Crippen LogP contribution in [0.15, 0.2) is 47.5 Å². The Morgan fingerprint density at radius 1 is 1.00 bits per heavy atom. The minimum Gasteiger partial charge on any atom is -0.363 e. The van der Waals surface area contributed by atoms with Gasteiger partial charge < -0.3 is 5.32 Å². The Morgan fingerprint density at radius 3 is 2.51 bits per heavy atom. The standard InChI is InChI=1S/C33H40F3N5O3S/c1-22-25-7-6-8-28(29(25)34)33(35,36)20-23-9-15-40(16-10-23)13-4-2-3-5-14-41-31-27(30(39-22)37-21-38-31)19-26(32(41)42)24-11-17-45(43,44)18-12-24/h2,4,6-8,19,21-24H,3,5,9-18,20H2,1H3,(H,37,38,39)/b4-2+/t22-/m1/s1. The predicted octanol–water partition coefficient (Wildman–Crippen LogP) is 5.94. The normalized spacial score (nSPS) is 26.6. The summed E-state index contributed by atoms with van der Waals surface area (Å²) in [5.74, 6) is -4.29. The molecular formula is C33H40F3N5O3S. The zero-order valence-electron chi connectivity index (χ0n) is 25.5. The molecule has 0 aliphatic carbocycles. The van der Waals surface area contributed by atoms with Gasteiger partial charge in [0.15, 0.2) is 0 Å². The fraction of sp³-hybridized carbons (Fsp3) is 0.545. The SMILES string of the molecule is C[C@H]1Nc2ncnc3c2cc(C2CCS(=O)(=O)CC2)c(=O)n3CCC/C=C/CN2CCC(CC2)CC(F)(F)c2cccc1c2F. The average Bonchev–Trinajstić information content (AvgIpc) is 3.00. The molecule has 2 saturated heterocycles. The van der Waals surface area contributed by atoms with Crippen LogP contribution in [0.1, 0.15) is 80.5 Å². The van der Waals surface area contributed by atoms with Crippen molar-refractivity contribution in [1.82, 2.24) is 19.4 Å². The van der Waals surface area contributed by atoms with Crippen molar-refractivity contribution in [2.24, 2.45) is 5.92 Å². The van der Waals surface area contributed by atoms with E-state index in [1.54, 1.807) is 17.6 Å². The van der Waals surface area contributed by atoms with Gasteiger partial charge in [-0.15, -0.1) is 0 Å². The van der Waals surface area contributed by atoms with Crippen LogP contribution in [0.5, 0.6) is 0 Å². The number of allylic oxidation sites excluding steroid dienone is 1. The van der Waals surface area contributed by atoms with Crippen molar-refractivity contribution in [3.8, 4) is 0 Å². The molecule has 3 aromatic rings. The van der Waals surface area contributed by atoms with Crippen molar-refractivity contribution in [1.29, 1.82) is 0 Å². The van der Waals surface area contributed by atoms with Gasteiger partial charge in [0.25, 0.3) is 11.5 Å². The fourth-order valence-electron chi connectivity index (χ4n) is 7.02. The number of benzene rings is 1. The van der Waals surface area contributed by atoms with E-state index in [-0.39, 0.29) is 34.5 Å². The number of aromatic nitrogens is 3. The number of aryl methyl sites for hydroxylation is 1. The van der Waals surface area contributed by atoms with E-state index in [9.17, 15) is 13.2 Å². The van der Waals surface area contributed by atoms with E-state index in [0.29, 0.717) is 74.2 Å². The molecule has 1 aromatic carbocycles.